The van der Waals surface area contributed by atoms with Crippen molar-refractivity contribution in [2.45, 2.75) is 6.92 Å². The molecule has 6 nitrogen and oxygen atoms in total. The molecule has 0 aromatic heterocycles. The van der Waals surface area contributed by atoms with Gasteiger partial charge in [0.15, 0.2) is 0 Å². The first-order valence-electron chi connectivity index (χ1n) is 7.30. The van der Waals surface area contributed by atoms with Crippen LogP contribution in [0.1, 0.15) is 5.56 Å². The average Bonchev–Trinajstić information content (AvgIpc) is 2.50. The standard InChI is InChI=1S/C17H20N2O4S/c1-13-4-8-15(9-5-13)23-16-10-6-14(7-11-16)18-17(20)12-19(2)24(3,21)22/h4-11H,12H2,1-3H3,(H,18,20). The molecule has 0 saturated carbocycles. The summed E-state index contributed by atoms with van der Waals surface area (Å²) < 4.78 is 29.3. The minimum atomic E-state index is -3.38. The van der Waals surface area contributed by atoms with Crippen LogP contribution in [-0.2, 0) is 14.8 Å². The van der Waals surface area contributed by atoms with E-state index < -0.39 is 15.9 Å². The van der Waals surface area contributed by atoms with Gasteiger partial charge in [0.2, 0.25) is 15.9 Å². The summed E-state index contributed by atoms with van der Waals surface area (Å²) in [4.78, 5) is 11.8. The summed E-state index contributed by atoms with van der Waals surface area (Å²) in [5.41, 5.74) is 1.72. The molecule has 24 heavy (non-hydrogen) atoms. The van der Waals surface area contributed by atoms with E-state index in [4.69, 9.17) is 4.74 Å². The lowest BCUT2D eigenvalue weighted by atomic mass is 10.2. The van der Waals surface area contributed by atoms with Crippen molar-refractivity contribution in [3.63, 3.8) is 0 Å². The fourth-order valence-electron chi connectivity index (χ4n) is 1.87. The quantitative estimate of drug-likeness (QED) is 0.871. The number of benzene rings is 2. The van der Waals surface area contributed by atoms with Crippen molar-refractivity contribution in [3.05, 3.63) is 54.1 Å². The SMILES string of the molecule is Cc1ccc(Oc2ccc(NC(=O)CN(C)S(C)(=O)=O)cc2)cc1. The van der Waals surface area contributed by atoms with Gasteiger partial charge < -0.3 is 10.1 Å². The topological polar surface area (TPSA) is 75.7 Å². The Labute approximate surface area is 142 Å². The largest absolute Gasteiger partial charge is 0.457 e. The first-order valence-corrected chi connectivity index (χ1v) is 9.14. The minimum absolute atomic E-state index is 0.236. The molecule has 7 heteroatoms. The van der Waals surface area contributed by atoms with E-state index in [-0.39, 0.29) is 6.54 Å². The van der Waals surface area contributed by atoms with Crippen LogP contribution in [0.25, 0.3) is 0 Å². The van der Waals surface area contributed by atoms with Gasteiger partial charge >= 0.3 is 0 Å². The van der Waals surface area contributed by atoms with E-state index in [0.29, 0.717) is 11.4 Å². The second-order valence-electron chi connectivity index (χ2n) is 5.51. The van der Waals surface area contributed by atoms with Crippen molar-refractivity contribution >= 4 is 21.6 Å². The highest BCUT2D eigenvalue weighted by molar-refractivity contribution is 7.88. The van der Waals surface area contributed by atoms with Crippen molar-refractivity contribution < 1.29 is 17.9 Å². The van der Waals surface area contributed by atoms with Crippen LogP contribution in [0, 0.1) is 6.92 Å². The molecule has 0 spiro atoms. The molecule has 0 radical (unpaired) electrons. The van der Waals surface area contributed by atoms with Gasteiger partial charge in [0, 0.05) is 12.7 Å². The molecule has 0 fully saturated rings. The molecule has 2 aromatic rings. The van der Waals surface area contributed by atoms with Gasteiger partial charge in [-0.1, -0.05) is 17.7 Å². The Morgan fingerprint density at radius 3 is 2.04 bits per heavy atom. The molecule has 0 unspecified atom stereocenters. The van der Waals surface area contributed by atoms with Gasteiger partial charge in [-0.15, -0.1) is 0 Å². The zero-order valence-corrected chi connectivity index (χ0v) is 14.6. The number of ether oxygens (including phenoxy) is 1. The lowest BCUT2D eigenvalue weighted by Gasteiger charge is -2.14. The fourth-order valence-corrected chi connectivity index (χ4v) is 2.22. The summed E-state index contributed by atoms with van der Waals surface area (Å²) in [6, 6.07) is 14.5. The van der Waals surface area contributed by atoms with Crippen LogP contribution in [0.4, 0.5) is 5.69 Å². The van der Waals surface area contributed by atoms with Gasteiger partial charge in [-0.25, -0.2) is 8.42 Å². The van der Waals surface area contributed by atoms with Crippen LogP contribution in [0.15, 0.2) is 48.5 Å². The van der Waals surface area contributed by atoms with Crippen molar-refractivity contribution in [2.24, 2.45) is 0 Å². The average molecular weight is 348 g/mol. The number of nitrogens with one attached hydrogen (secondary N) is 1. The van der Waals surface area contributed by atoms with Gasteiger partial charge in [0.25, 0.3) is 0 Å². The van der Waals surface area contributed by atoms with E-state index in [2.05, 4.69) is 5.32 Å². The third-order valence-corrected chi connectivity index (χ3v) is 4.59. The highest BCUT2D eigenvalue weighted by Gasteiger charge is 2.15. The molecule has 0 saturated heterocycles. The zero-order chi connectivity index (χ0) is 17.7. The van der Waals surface area contributed by atoms with Gasteiger partial charge in [0.05, 0.1) is 12.8 Å². The summed E-state index contributed by atoms with van der Waals surface area (Å²) in [6.07, 6.45) is 1.05. The van der Waals surface area contributed by atoms with Gasteiger partial charge in [0.1, 0.15) is 11.5 Å². The smallest absolute Gasteiger partial charge is 0.239 e. The summed E-state index contributed by atoms with van der Waals surface area (Å²) in [7, 11) is -2.03. The molecule has 2 rings (SSSR count). The molecule has 0 aliphatic heterocycles. The maximum absolute atomic E-state index is 11.8. The Kier molecular flexibility index (Phi) is 5.58. The summed E-state index contributed by atoms with van der Waals surface area (Å²) in [6.45, 7) is 1.77. The number of carbonyl (C=O) groups excluding carboxylic acids is 1. The number of sulfonamides is 1. The van der Waals surface area contributed by atoms with Crippen LogP contribution >= 0.6 is 0 Å². The van der Waals surface area contributed by atoms with E-state index in [9.17, 15) is 13.2 Å². The number of nitrogens with zero attached hydrogens (tertiary/aromatic N) is 1. The van der Waals surface area contributed by atoms with Gasteiger partial charge in [-0.2, -0.15) is 4.31 Å². The van der Waals surface area contributed by atoms with Crippen LogP contribution in [0.2, 0.25) is 0 Å². The molecule has 0 aliphatic carbocycles. The fraction of sp³-hybridized carbons (Fsp3) is 0.235. The third-order valence-electron chi connectivity index (χ3n) is 3.33. The molecule has 0 heterocycles. The Morgan fingerprint density at radius 1 is 1.04 bits per heavy atom. The normalized spacial score (nSPS) is 11.3. The Balaban J connectivity index is 1.94. The van der Waals surface area contributed by atoms with Gasteiger partial charge in [-0.05, 0) is 43.3 Å². The highest BCUT2D eigenvalue weighted by Crippen LogP contribution is 2.23. The molecule has 1 N–H and O–H groups in total. The van der Waals surface area contributed by atoms with E-state index in [1.54, 1.807) is 24.3 Å². The third kappa shape index (κ3) is 5.36. The number of carbonyl (C=O) groups is 1. The molecule has 0 aliphatic rings. The van der Waals surface area contributed by atoms with E-state index >= 15 is 0 Å². The summed E-state index contributed by atoms with van der Waals surface area (Å²) in [5, 5.41) is 2.64. The highest BCUT2D eigenvalue weighted by atomic mass is 32.2. The van der Waals surface area contributed by atoms with Crippen LogP contribution < -0.4 is 10.1 Å². The molecule has 2 aromatic carbocycles. The first kappa shape index (κ1) is 18.0. The van der Waals surface area contributed by atoms with Gasteiger partial charge in [-0.3, -0.25) is 4.79 Å². The number of likely N-dealkylation sites (N-methyl/N-ethyl adjacent to an activating group) is 1. The monoisotopic (exact) mass is 348 g/mol. The van der Waals surface area contributed by atoms with Crippen LogP contribution in [0.3, 0.4) is 0 Å². The Hall–Kier alpha value is -2.38. The van der Waals surface area contributed by atoms with E-state index in [1.807, 2.05) is 31.2 Å². The minimum Gasteiger partial charge on any atom is -0.457 e. The maximum atomic E-state index is 11.8. The van der Waals surface area contributed by atoms with Crippen molar-refractivity contribution in [1.82, 2.24) is 4.31 Å². The molecule has 0 atom stereocenters. The Bertz CT molecular complexity index is 799. The Morgan fingerprint density at radius 2 is 1.54 bits per heavy atom. The molecular formula is C17H20N2O4S. The molecule has 128 valence electrons. The van der Waals surface area contributed by atoms with Crippen molar-refractivity contribution in [2.75, 3.05) is 25.2 Å². The number of anilines is 1. The molecule has 1 amide bonds. The predicted molar refractivity (Wildman–Crippen MR) is 93.8 cm³/mol. The number of hydrogen-bond acceptors (Lipinski definition) is 4. The number of amides is 1. The number of aryl methyl sites for hydroxylation is 1. The first-order chi connectivity index (χ1) is 11.2. The van der Waals surface area contributed by atoms with Crippen LogP contribution in [0.5, 0.6) is 11.5 Å². The number of rotatable bonds is 6. The predicted octanol–water partition coefficient (Wildman–Crippen LogP) is 2.62. The van der Waals surface area contributed by atoms with Crippen molar-refractivity contribution in [3.8, 4) is 11.5 Å². The lowest BCUT2D eigenvalue weighted by molar-refractivity contribution is -0.116. The van der Waals surface area contributed by atoms with E-state index in [1.165, 1.54) is 7.05 Å². The molecular weight excluding hydrogens is 328 g/mol. The maximum Gasteiger partial charge on any atom is 0.239 e. The lowest BCUT2D eigenvalue weighted by Crippen LogP contribution is -2.34. The zero-order valence-electron chi connectivity index (χ0n) is 13.8. The van der Waals surface area contributed by atoms with E-state index in [0.717, 1.165) is 21.9 Å². The van der Waals surface area contributed by atoms with Crippen molar-refractivity contribution in [1.29, 1.82) is 0 Å². The molecule has 0 bridgehead atoms. The van der Waals surface area contributed by atoms with Crippen LogP contribution in [-0.4, -0.2) is 38.5 Å². The second-order valence-corrected chi connectivity index (χ2v) is 7.60. The summed E-state index contributed by atoms with van der Waals surface area (Å²) in [5.74, 6) is 0.965. The number of hydrogen-bond donors (Lipinski definition) is 1. The summed E-state index contributed by atoms with van der Waals surface area (Å²) >= 11 is 0. The second kappa shape index (κ2) is 7.46.